The molecule has 0 bridgehead atoms. The van der Waals surface area contributed by atoms with Gasteiger partial charge in [-0.2, -0.15) is 0 Å². The van der Waals surface area contributed by atoms with Gasteiger partial charge in [0.25, 0.3) is 5.91 Å². The third-order valence-corrected chi connectivity index (χ3v) is 5.53. The average molecular weight is 389 g/mol. The van der Waals surface area contributed by atoms with E-state index in [4.69, 9.17) is 14.2 Å². The van der Waals surface area contributed by atoms with Crippen molar-refractivity contribution in [3.63, 3.8) is 0 Å². The molecule has 0 saturated heterocycles. The zero-order valence-corrected chi connectivity index (χ0v) is 16.5. The molecule has 0 radical (unpaired) electrons. The first-order chi connectivity index (χ1) is 13.0. The lowest BCUT2D eigenvalue weighted by Gasteiger charge is -2.22. The smallest absolute Gasteiger partial charge is 0.310 e. The van der Waals surface area contributed by atoms with Crippen molar-refractivity contribution in [2.24, 2.45) is 5.92 Å². The van der Waals surface area contributed by atoms with Gasteiger partial charge < -0.3 is 19.1 Å². The minimum absolute atomic E-state index is 0.0814. The minimum atomic E-state index is -0.365. The van der Waals surface area contributed by atoms with Crippen molar-refractivity contribution in [2.45, 2.75) is 13.8 Å². The van der Waals surface area contributed by atoms with Gasteiger partial charge in [-0.05, 0) is 42.8 Å². The van der Waals surface area contributed by atoms with Gasteiger partial charge in [0.2, 0.25) is 0 Å². The predicted octanol–water partition coefficient (Wildman–Crippen LogP) is 3.46. The third kappa shape index (κ3) is 4.24. The first kappa shape index (κ1) is 19.2. The van der Waals surface area contributed by atoms with Gasteiger partial charge in [-0.3, -0.25) is 9.59 Å². The summed E-state index contributed by atoms with van der Waals surface area (Å²) in [6.45, 7) is 5.61. The lowest BCUT2D eigenvalue weighted by Crippen LogP contribution is -2.36. The summed E-state index contributed by atoms with van der Waals surface area (Å²) in [7, 11) is 1.36. The Morgan fingerprint density at radius 2 is 1.93 bits per heavy atom. The van der Waals surface area contributed by atoms with Crippen LogP contribution in [-0.4, -0.2) is 50.2 Å². The number of rotatable bonds is 6. The van der Waals surface area contributed by atoms with Crippen molar-refractivity contribution in [2.75, 3.05) is 33.4 Å². The number of carbonyl (C=O) groups is 2. The molecular formula is C20H23NO5S. The maximum Gasteiger partial charge on any atom is 0.310 e. The maximum absolute atomic E-state index is 12.8. The van der Waals surface area contributed by atoms with Gasteiger partial charge in [-0.1, -0.05) is 6.92 Å². The van der Waals surface area contributed by atoms with Crippen LogP contribution >= 0.6 is 11.3 Å². The number of thiophene rings is 1. The van der Waals surface area contributed by atoms with Crippen molar-refractivity contribution in [1.29, 1.82) is 0 Å². The Balaban J connectivity index is 1.76. The summed E-state index contributed by atoms with van der Waals surface area (Å²) in [5.74, 6) is 0.705. The molecule has 0 spiro atoms. The van der Waals surface area contributed by atoms with Crippen molar-refractivity contribution in [3.05, 3.63) is 35.2 Å². The van der Waals surface area contributed by atoms with Crippen molar-refractivity contribution >= 4 is 23.2 Å². The molecule has 144 valence electrons. The number of ether oxygens (including phenoxy) is 3. The van der Waals surface area contributed by atoms with Crippen LogP contribution in [0.2, 0.25) is 0 Å². The van der Waals surface area contributed by atoms with Crippen molar-refractivity contribution in [1.82, 2.24) is 4.90 Å². The molecule has 1 amide bonds. The summed E-state index contributed by atoms with van der Waals surface area (Å²) < 4.78 is 15.9. The number of nitrogens with zero attached hydrogens (tertiary/aromatic N) is 1. The second kappa shape index (κ2) is 8.43. The fraction of sp³-hybridized carbons (Fsp3) is 0.400. The molecule has 0 N–H and O–H groups in total. The summed E-state index contributed by atoms with van der Waals surface area (Å²) in [6, 6.07) is 9.54. The molecule has 3 rings (SSSR count). The summed E-state index contributed by atoms with van der Waals surface area (Å²) >= 11 is 1.43. The Morgan fingerprint density at radius 3 is 2.63 bits per heavy atom. The second-order valence-electron chi connectivity index (χ2n) is 6.29. The van der Waals surface area contributed by atoms with Crippen LogP contribution in [0.15, 0.2) is 30.3 Å². The molecule has 7 heteroatoms. The molecule has 2 aromatic rings. The van der Waals surface area contributed by atoms with Gasteiger partial charge >= 0.3 is 5.97 Å². The number of fused-ring (bicyclic) bond motifs is 1. The van der Waals surface area contributed by atoms with Crippen LogP contribution in [0.4, 0.5) is 0 Å². The van der Waals surface area contributed by atoms with Gasteiger partial charge in [-0.25, -0.2) is 0 Å². The van der Waals surface area contributed by atoms with E-state index in [1.54, 1.807) is 11.8 Å². The lowest BCUT2D eigenvalue weighted by atomic mass is 10.1. The third-order valence-electron chi connectivity index (χ3n) is 4.41. The molecule has 0 aliphatic carbocycles. The minimum Gasteiger partial charge on any atom is -0.486 e. The van der Waals surface area contributed by atoms with Gasteiger partial charge in [0.15, 0.2) is 11.5 Å². The molecule has 0 fully saturated rings. The topological polar surface area (TPSA) is 65.1 Å². The first-order valence-corrected chi connectivity index (χ1v) is 9.72. The average Bonchev–Trinajstić information content (AvgIpc) is 3.20. The van der Waals surface area contributed by atoms with E-state index in [1.165, 1.54) is 18.4 Å². The highest BCUT2D eigenvalue weighted by molar-refractivity contribution is 7.17. The van der Waals surface area contributed by atoms with Crippen LogP contribution in [-0.2, 0) is 9.53 Å². The number of benzene rings is 1. The van der Waals surface area contributed by atoms with Gasteiger partial charge in [0.05, 0.1) is 17.9 Å². The summed E-state index contributed by atoms with van der Waals surface area (Å²) in [5, 5.41) is 0. The monoisotopic (exact) mass is 389 g/mol. The van der Waals surface area contributed by atoms with Crippen LogP contribution in [0.5, 0.6) is 11.5 Å². The van der Waals surface area contributed by atoms with Crippen molar-refractivity contribution in [3.8, 4) is 21.9 Å². The normalized spacial score (nSPS) is 13.7. The number of hydrogen-bond donors (Lipinski definition) is 0. The molecule has 1 aromatic heterocycles. The van der Waals surface area contributed by atoms with Crippen LogP contribution in [0.1, 0.15) is 23.5 Å². The molecule has 1 aromatic carbocycles. The van der Waals surface area contributed by atoms with E-state index in [-0.39, 0.29) is 17.8 Å². The van der Waals surface area contributed by atoms with Crippen LogP contribution in [0, 0.1) is 5.92 Å². The standard InChI is InChI=1S/C20H23NO5S/c1-4-21(12-13(2)20(23)24-3)19(22)18-8-7-17(27-18)14-5-6-15-16(11-14)26-10-9-25-15/h5-8,11,13H,4,9-10,12H2,1-3H3/t13-/m1/s1. The fourth-order valence-electron chi connectivity index (χ4n) is 2.92. The molecule has 1 atom stereocenters. The fourth-order valence-corrected chi connectivity index (χ4v) is 3.89. The molecule has 0 saturated carbocycles. The summed E-state index contributed by atoms with van der Waals surface area (Å²) in [6.07, 6.45) is 0. The Bertz CT molecular complexity index is 832. The van der Waals surface area contributed by atoms with Gasteiger partial charge in [0, 0.05) is 18.0 Å². The first-order valence-electron chi connectivity index (χ1n) is 8.90. The van der Waals surface area contributed by atoms with E-state index in [0.717, 1.165) is 21.9 Å². The number of esters is 1. The Kier molecular flexibility index (Phi) is 6.01. The van der Waals surface area contributed by atoms with E-state index in [1.807, 2.05) is 37.3 Å². The Labute approximate surface area is 162 Å². The highest BCUT2D eigenvalue weighted by Crippen LogP contribution is 2.37. The number of carbonyl (C=O) groups excluding carboxylic acids is 2. The lowest BCUT2D eigenvalue weighted by molar-refractivity contribution is -0.145. The molecule has 0 unspecified atom stereocenters. The highest BCUT2D eigenvalue weighted by atomic mass is 32.1. The van der Waals surface area contributed by atoms with Crippen LogP contribution in [0.25, 0.3) is 10.4 Å². The Hall–Kier alpha value is -2.54. The Morgan fingerprint density at radius 1 is 1.19 bits per heavy atom. The molecule has 2 heterocycles. The SMILES string of the molecule is CCN(C[C@@H](C)C(=O)OC)C(=O)c1ccc(-c2ccc3c(c2)OCCO3)s1. The molecule has 6 nitrogen and oxygen atoms in total. The summed E-state index contributed by atoms with van der Waals surface area (Å²) in [5.41, 5.74) is 0.981. The van der Waals surface area contributed by atoms with Crippen LogP contribution < -0.4 is 9.47 Å². The van der Waals surface area contributed by atoms with Gasteiger partial charge in [0.1, 0.15) is 13.2 Å². The molecule has 27 heavy (non-hydrogen) atoms. The van der Waals surface area contributed by atoms with E-state index in [0.29, 0.717) is 31.2 Å². The highest BCUT2D eigenvalue weighted by Gasteiger charge is 2.23. The van der Waals surface area contributed by atoms with Gasteiger partial charge in [-0.15, -0.1) is 11.3 Å². The zero-order valence-electron chi connectivity index (χ0n) is 15.7. The van der Waals surface area contributed by atoms with E-state index in [9.17, 15) is 9.59 Å². The quantitative estimate of drug-likeness (QED) is 0.708. The van der Waals surface area contributed by atoms with Crippen molar-refractivity contribution < 1.29 is 23.8 Å². The maximum atomic E-state index is 12.8. The molecule has 1 aliphatic heterocycles. The molecular weight excluding hydrogens is 366 g/mol. The predicted molar refractivity (Wildman–Crippen MR) is 104 cm³/mol. The van der Waals surface area contributed by atoms with E-state index in [2.05, 4.69) is 0 Å². The van der Waals surface area contributed by atoms with E-state index < -0.39 is 0 Å². The van der Waals surface area contributed by atoms with Crippen LogP contribution in [0.3, 0.4) is 0 Å². The van der Waals surface area contributed by atoms with E-state index >= 15 is 0 Å². The number of hydrogen-bond acceptors (Lipinski definition) is 6. The number of methoxy groups -OCH3 is 1. The number of amides is 1. The zero-order chi connectivity index (χ0) is 19.4. The second-order valence-corrected chi connectivity index (χ2v) is 7.37. The molecule has 1 aliphatic rings. The summed E-state index contributed by atoms with van der Waals surface area (Å²) in [4.78, 5) is 27.8. The largest absolute Gasteiger partial charge is 0.486 e.